The number of amides is 1. The van der Waals surface area contributed by atoms with Crippen molar-refractivity contribution in [3.05, 3.63) is 35.3 Å². The first kappa shape index (κ1) is 17.1. The smallest absolute Gasteiger partial charge is 0.258 e. The number of hydrogen-bond donors (Lipinski definition) is 1. The summed E-state index contributed by atoms with van der Waals surface area (Å²) in [5.41, 5.74) is 0.899. The monoisotopic (exact) mass is 373 g/mol. The molecule has 2 aromatic rings. The van der Waals surface area contributed by atoms with Crippen molar-refractivity contribution < 1.29 is 14.3 Å². The molecular weight excluding hydrogens is 350 g/mol. The van der Waals surface area contributed by atoms with Gasteiger partial charge in [-0.3, -0.25) is 4.79 Å². The average molecular weight is 373 g/mol. The molecule has 7 heteroatoms. The Balaban J connectivity index is 1.30. The van der Waals surface area contributed by atoms with Gasteiger partial charge in [0.05, 0.1) is 0 Å². The van der Waals surface area contributed by atoms with Gasteiger partial charge >= 0.3 is 0 Å². The second-order valence-electron chi connectivity index (χ2n) is 7.39. The highest BCUT2D eigenvalue weighted by Gasteiger charge is 2.32. The number of para-hydroxylation sites is 1. The predicted molar refractivity (Wildman–Crippen MR) is 101 cm³/mol. The summed E-state index contributed by atoms with van der Waals surface area (Å²) in [5.74, 6) is 1.30. The van der Waals surface area contributed by atoms with Crippen molar-refractivity contribution in [3.63, 3.8) is 0 Å². The van der Waals surface area contributed by atoms with E-state index < -0.39 is 0 Å². The number of fused-ring (bicyclic) bond motifs is 1. The maximum atomic E-state index is 12.3. The van der Waals surface area contributed by atoms with Crippen molar-refractivity contribution in [1.82, 2.24) is 10.3 Å². The molecule has 1 unspecified atom stereocenters. The molecule has 0 aliphatic carbocycles. The molecule has 2 aliphatic heterocycles. The molecule has 3 heterocycles. The Labute approximate surface area is 157 Å². The summed E-state index contributed by atoms with van der Waals surface area (Å²) in [6.45, 7) is 5.80. The number of hydrogen-bond acceptors (Lipinski definition) is 6. The van der Waals surface area contributed by atoms with Gasteiger partial charge in [0.15, 0.2) is 23.2 Å². The summed E-state index contributed by atoms with van der Waals surface area (Å²) in [6.07, 6.45) is 3.57. The largest absolute Gasteiger partial charge is 0.483 e. The molecule has 1 fully saturated rings. The van der Waals surface area contributed by atoms with E-state index in [9.17, 15) is 4.79 Å². The van der Waals surface area contributed by atoms with Crippen LogP contribution in [0.1, 0.15) is 25.8 Å². The molecule has 1 atom stereocenters. The zero-order valence-electron chi connectivity index (χ0n) is 15.0. The van der Waals surface area contributed by atoms with Crippen LogP contribution in [-0.4, -0.2) is 42.2 Å². The van der Waals surface area contributed by atoms with Gasteiger partial charge in [-0.2, -0.15) is 0 Å². The molecule has 1 N–H and O–H groups in total. The minimum absolute atomic E-state index is 0.00596. The molecule has 1 amide bonds. The lowest BCUT2D eigenvalue weighted by molar-refractivity contribution is -0.123. The molecule has 1 saturated heterocycles. The van der Waals surface area contributed by atoms with Crippen molar-refractivity contribution in [1.29, 1.82) is 0 Å². The number of carbonyl (C=O) groups excluding carboxylic acids is 1. The number of thiazole rings is 1. The molecular formula is C19H23N3O3S. The van der Waals surface area contributed by atoms with Gasteiger partial charge in [-0.25, -0.2) is 4.98 Å². The highest BCUT2D eigenvalue weighted by Crippen LogP contribution is 2.41. The third-order valence-electron chi connectivity index (χ3n) is 4.66. The van der Waals surface area contributed by atoms with Crippen LogP contribution in [0.15, 0.2) is 29.8 Å². The second-order valence-corrected chi connectivity index (χ2v) is 8.26. The summed E-state index contributed by atoms with van der Waals surface area (Å²) in [7, 11) is 0. The van der Waals surface area contributed by atoms with Crippen LogP contribution in [0.2, 0.25) is 0 Å². The molecule has 4 rings (SSSR count). The lowest BCUT2D eigenvalue weighted by atomic mass is 10.0. The van der Waals surface area contributed by atoms with Gasteiger partial charge in [-0.05, 0) is 26.3 Å². The summed E-state index contributed by atoms with van der Waals surface area (Å²) in [4.78, 5) is 18.8. The molecule has 0 radical (unpaired) electrons. The van der Waals surface area contributed by atoms with Crippen LogP contribution < -0.4 is 19.7 Å². The topological polar surface area (TPSA) is 63.7 Å². The molecule has 26 heavy (non-hydrogen) atoms. The van der Waals surface area contributed by atoms with Crippen LogP contribution >= 0.6 is 11.3 Å². The van der Waals surface area contributed by atoms with E-state index in [0.717, 1.165) is 42.4 Å². The average Bonchev–Trinajstić information content (AvgIpc) is 3.30. The fraction of sp³-hybridized carbons (Fsp3) is 0.474. The summed E-state index contributed by atoms with van der Waals surface area (Å²) < 4.78 is 11.7. The van der Waals surface area contributed by atoms with E-state index in [4.69, 9.17) is 9.47 Å². The van der Waals surface area contributed by atoms with Crippen LogP contribution in [0.3, 0.4) is 0 Å². The third-order valence-corrected chi connectivity index (χ3v) is 5.49. The lowest BCUT2D eigenvalue weighted by Crippen LogP contribution is -2.39. The molecule has 2 aliphatic rings. The van der Waals surface area contributed by atoms with E-state index in [1.165, 1.54) is 0 Å². The van der Waals surface area contributed by atoms with Crippen molar-refractivity contribution >= 4 is 22.4 Å². The molecule has 0 spiro atoms. The Hall–Kier alpha value is -2.28. The van der Waals surface area contributed by atoms with Gasteiger partial charge < -0.3 is 19.7 Å². The minimum Gasteiger partial charge on any atom is -0.483 e. The van der Waals surface area contributed by atoms with Gasteiger partial charge in [-0.15, -0.1) is 11.3 Å². The quantitative estimate of drug-likeness (QED) is 0.873. The number of aromatic nitrogens is 1. The van der Waals surface area contributed by atoms with Crippen LogP contribution in [0.25, 0.3) is 0 Å². The number of rotatable bonds is 5. The number of anilines is 1. The van der Waals surface area contributed by atoms with E-state index in [-0.39, 0.29) is 24.2 Å². The standard InChI is InChI=1S/C19H23N3O3S/c1-19(2)10-13-4-3-5-15(17(13)25-19)24-12-16(23)21-14-6-8-22(11-14)18-20-7-9-26-18/h3-5,7,9,14H,6,8,10-12H2,1-2H3,(H,21,23). The normalized spacial score (nSPS) is 20.5. The molecule has 0 saturated carbocycles. The number of carbonyl (C=O) groups is 1. The number of benzene rings is 1. The molecule has 1 aromatic carbocycles. The molecule has 6 nitrogen and oxygen atoms in total. The van der Waals surface area contributed by atoms with E-state index in [0.29, 0.717) is 5.75 Å². The van der Waals surface area contributed by atoms with E-state index >= 15 is 0 Å². The molecule has 0 bridgehead atoms. The summed E-state index contributed by atoms with van der Waals surface area (Å²) in [5, 5.41) is 6.04. The van der Waals surface area contributed by atoms with E-state index in [1.807, 2.05) is 23.6 Å². The van der Waals surface area contributed by atoms with Crippen LogP contribution in [0.4, 0.5) is 5.13 Å². The SMILES string of the molecule is CC1(C)Cc2cccc(OCC(=O)NC3CCN(c4nccs4)C3)c2O1. The highest BCUT2D eigenvalue weighted by molar-refractivity contribution is 7.13. The van der Waals surface area contributed by atoms with Gasteiger partial charge in [0.1, 0.15) is 5.60 Å². The van der Waals surface area contributed by atoms with Gasteiger partial charge in [0.2, 0.25) is 0 Å². The first-order chi connectivity index (χ1) is 12.5. The van der Waals surface area contributed by atoms with E-state index in [2.05, 4.69) is 29.0 Å². The van der Waals surface area contributed by atoms with Crippen molar-refractivity contribution in [2.24, 2.45) is 0 Å². The fourth-order valence-corrected chi connectivity index (χ4v) is 4.22. The number of ether oxygens (including phenoxy) is 2. The Morgan fingerprint density at radius 3 is 3.19 bits per heavy atom. The Bertz CT molecular complexity index is 791. The first-order valence-electron chi connectivity index (χ1n) is 8.88. The van der Waals surface area contributed by atoms with Crippen molar-refractivity contribution in [2.75, 3.05) is 24.6 Å². The van der Waals surface area contributed by atoms with Crippen molar-refractivity contribution in [2.45, 2.75) is 38.3 Å². The maximum absolute atomic E-state index is 12.3. The summed E-state index contributed by atoms with van der Waals surface area (Å²) >= 11 is 1.62. The van der Waals surface area contributed by atoms with E-state index in [1.54, 1.807) is 17.5 Å². The van der Waals surface area contributed by atoms with Gasteiger partial charge in [0.25, 0.3) is 5.91 Å². The van der Waals surface area contributed by atoms with Gasteiger partial charge in [0, 0.05) is 42.7 Å². The summed E-state index contributed by atoms with van der Waals surface area (Å²) in [6, 6.07) is 5.97. The van der Waals surface area contributed by atoms with Crippen LogP contribution in [0.5, 0.6) is 11.5 Å². The Morgan fingerprint density at radius 1 is 1.50 bits per heavy atom. The predicted octanol–water partition coefficient (Wildman–Crippen LogP) is 2.63. The van der Waals surface area contributed by atoms with Gasteiger partial charge in [-0.1, -0.05) is 12.1 Å². The van der Waals surface area contributed by atoms with Crippen molar-refractivity contribution in [3.8, 4) is 11.5 Å². The Morgan fingerprint density at radius 2 is 2.38 bits per heavy atom. The zero-order valence-corrected chi connectivity index (χ0v) is 15.8. The second kappa shape index (κ2) is 6.79. The molecule has 1 aromatic heterocycles. The first-order valence-corrected chi connectivity index (χ1v) is 9.76. The lowest BCUT2D eigenvalue weighted by Gasteiger charge is -2.18. The number of nitrogens with zero attached hydrogens (tertiary/aromatic N) is 2. The molecule has 138 valence electrons. The highest BCUT2D eigenvalue weighted by atomic mass is 32.1. The van der Waals surface area contributed by atoms with Crippen LogP contribution in [-0.2, 0) is 11.2 Å². The number of nitrogens with one attached hydrogen (secondary N) is 1. The maximum Gasteiger partial charge on any atom is 0.258 e. The van der Waals surface area contributed by atoms with Crippen LogP contribution in [0, 0.1) is 0 Å². The third kappa shape index (κ3) is 3.62. The fourth-order valence-electron chi connectivity index (χ4n) is 3.54. The minimum atomic E-state index is -0.229. The zero-order chi connectivity index (χ0) is 18.1. The Kier molecular flexibility index (Phi) is 4.48.